The van der Waals surface area contributed by atoms with Gasteiger partial charge in [0.15, 0.2) is 0 Å². The van der Waals surface area contributed by atoms with Crippen LogP contribution in [0.25, 0.3) is 55.2 Å². The van der Waals surface area contributed by atoms with Crippen LogP contribution in [0.3, 0.4) is 0 Å². The third-order valence-corrected chi connectivity index (χ3v) is 8.24. The van der Waals surface area contributed by atoms with E-state index in [4.69, 9.17) is 2.74 Å². The van der Waals surface area contributed by atoms with Crippen molar-refractivity contribution in [1.29, 1.82) is 0 Å². The minimum atomic E-state index is -1.48. The average molecular weight is 833 g/mol. The van der Waals surface area contributed by atoms with E-state index in [2.05, 4.69) is 141 Å². The molecule has 1 radical (unpaired) electrons. The average Bonchev–Trinajstić information content (AvgIpc) is 3.11. The molecule has 0 saturated heterocycles. The Balaban J connectivity index is 0.000000234. The van der Waals surface area contributed by atoms with Crippen LogP contribution in [0.4, 0.5) is 0 Å². The number of fused-ring (bicyclic) bond motifs is 3. The maximum Gasteiger partial charge on any atom is 0.0321 e. The summed E-state index contributed by atoms with van der Waals surface area (Å²) in [5.41, 5.74) is 8.83. The van der Waals surface area contributed by atoms with Crippen molar-refractivity contribution < 1.29 is 22.8 Å². The van der Waals surface area contributed by atoms with Crippen LogP contribution in [-0.2, 0) is 32.9 Å². The van der Waals surface area contributed by atoms with Crippen LogP contribution >= 0.6 is 0 Å². The molecule has 0 spiro atoms. The first-order valence-corrected chi connectivity index (χ1v) is 17.0. The molecule has 0 aliphatic rings. The van der Waals surface area contributed by atoms with Gasteiger partial charge in [-0.3, -0.25) is 0 Å². The molecule has 0 unspecified atom stereocenters. The summed E-state index contributed by atoms with van der Waals surface area (Å²) in [4.78, 5) is 9.09. The van der Waals surface area contributed by atoms with Crippen LogP contribution in [0.15, 0.2) is 128 Å². The van der Waals surface area contributed by atoms with Crippen molar-refractivity contribution in [3.05, 3.63) is 156 Å². The van der Waals surface area contributed by atoms with Crippen LogP contribution in [0.1, 0.15) is 61.0 Å². The summed E-state index contributed by atoms with van der Waals surface area (Å²) in [6.07, 6.45) is 3.25. The zero-order chi connectivity index (χ0) is 36.4. The number of nitrogens with zero attached hydrogens (tertiary/aromatic N) is 2. The molecular formula is C47H46IrN2-2. The molecule has 0 amide bonds. The van der Waals surface area contributed by atoms with Gasteiger partial charge in [-0.25, -0.2) is 0 Å². The standard InChI is InChI=1S/C30H26N.C17H20N.Ir/c1-30(2,3)20-21-15-16-31-29(17-21)24-11-8-10-22(18-24)28-19-23-9-4-5-12-25(23)26-13-6-7-14-27(26)28;1-13-5-8-15(9-6-13)16-10-7-14(12-18-16)11-17(2,3)4;/h4-10,12-19H,20H2,1-3H3;5-8,10,12H,11H2,1-4H3;/q2*-1;/i20D2;;. The van der Waals surface area contributed by atoms with E-state index >= 15 is 0 Å². The Morgan fingerprint density at radius 2 is 1.38 bits per heavy atom. The zero-order valence-corrected chi connectivity index (χ0v) is 32.5. The van der Waals surface area contributed by atoms with Gasteiger partial charge in [0, 0.05) is 35.2 Å². The van der Waals surface area contributed by atoms with Gasteiger partial charge in [-0.1, -0.05) is 121 Å². The van der Waals surface area contributed by atoms with E-state index in [1.165, 1.54) is 38.2 Å². The molecule has 0 fully saturated rings. The predicted octanol–water partition coefficient (Wildman–Crippen LogP) is 12.6. The van der Waals surface area contributed by atoms with E-state index in [1.54, 1.807) is 12.3 Å². The minimum Gasteiger partial charge on any atom is -0.305 e. The summed E-state index contributed by atoms with van der Waals surface area (Å²) in [6.45, 7) is 14.6. The van der Waals surface area contributed by atoms with Gasteiger partial charge in [0.05, 0.1) is 0 Å². The molecule has 5 aromatic carbocycles. The summed E-state index contributed by atoms with van der Waals surface area (Å²) >= 11 is 0. The van der Waals surface area contributed by atoms with Crippen molar-refractivity contribution in [2.45, 2.75) is 61.3 Å². The van der Waals surface area contributed by atoms with Gasteiger partial charge in [0.2, 0.25) is 0 Å². The molecule has 0 aliphatic heterocycles. The molecule has 0 bridgehead atoms. The maximum absolute atomic E-state index is 8.65. The Morgan fingerprint density at radius 3 is 2.06 bits per heavy atom. The molecule has 2 aromatic heterocycles. The van der Waals surface area contributed by atoms with Crippen molar-refractivity contribution in [3.8, 4) is 33.6 Å². The molecule has 0 atom stereocenters. The Kier molecular flexibility index (Phi) is 10.6. The molecule has 0 aliphatic carbocycles. The SMILES string of the molecule is Cc1c[c-]c(-c2ccc(CC(C)(C)C)cn2)cc1.[2H]C([2H])(c1ccnc(-c2[c-]ccc(-c3cc4ccccc4c4ccccc34)c2)c1)C(C)(C)C.[Ir]. The summed E-state index contributed by atoms with van der Waals surface area (Å²) in [5.74, 6) is 0. The number of pyridine rings is 2. The van der Waals surface area contributed by atoms with Crippen LogP contribution in [0, 0.1) is 29.9 Å². The first kappa shape index (κ1) is 34.0. The molecule has 2 nitrogen and oxygen atoms in total. The van der Waals surface area contributed by atoms with E-state index in [0.29, 0.717) is 11.0 Å². The van der Waals surface area contributed by atoms with Crippen molar-refractivity contribution in [2.75, 3.05) is 0 Å². The fourth-order valence-electron chi connectivity index (χ4n) is 6.13. The van der Waals surface area contributed by atoms with Crippen LogP contribution in [-0.4, -0.2) is 9.97 Å². The molecule has 0 N–H and O–H groups in total. The monoisotopic (exact) mass is 833 g/mol. The fraction of sp³-hybridized carbons (Fsp3) is 0.234. The Bertz CT molecular complexity index is 2280. The first-order valence-electron chi connectivity index (χ1n) is 18.0. The Labute approximate surface area is 315 Å². The summed E-state index contributed by atoms with van der Waals surface area (Å²) in [5, 5.41) is 4.90. The number of benzene rings is 5. The summed E-state index contributed by atoms with van der Waals surface area (Å²) < 4.78 is 17.3. The Morgan fingerprint density at radius 1 is 0.640 bits per heavy atom. The van der Waals surface area contributed by atoms with E-state index in [-0.39, 0.29) is 20.1 Å². The smallest absolute Gasteiger partial charge is 0.0321 e. The molecule has 255 valence electrons. The number of hydrogen-bond acceptors (Lipinski definition) is 2. The second-order valence-electron chi connectivity index (χ2n) is 15.1. The van der Waals surface area contributed by atoms with E-state index in [9.17, 15) is 0 Å². The van der Waals surface area contributed by atoms with Crippen molar-refractivity contribution >= 4 is 21.5 Å². The predicted molar refractivity (Wildman–Crippen MR) is 209 cm³/mol. The molecule has 50 heavy (non-hydrogen) atoms. The van der Waals surface area contributed by atoms with Crippen molar-refractivity contribution in [3.63, 3.8) is 0 Å². The normalized spacial score (nSPS) is 12.4. The van der Waals surface area contributed by atoms with Crippen molar-refractivity contribution in [1.82, 2.24) is 9.97 Å². The maximum atomic E-state index is 8.65. The summed E-state index contributed by atoms with van der Waals surface area (Å²) in [6, 6.07) is 46.0. The van der Waals surface area contributed by atoms with Gasteiger partial charge in [0.25, 0.3) is 0 Å². The molecule has 0 saturated carbocycles. The van der Waals surface area contributed by atoms with Gasteiger partial charge >= 0.3 is 0 Å². The molecular weight excluding hydrogens is 785 g/mol. The largest absolute Gasteiger partial charge is 0.305 e. The van der Waals surface area contributed by atoms with E-state index in [1.807, 2.05) is 45.2 Å². The van der Waals surface area contributed by atoms with Gasteiger partial charge in [-0.05, 0) is 79.8 Å². The van der Waals surface area contributed by atoms with Gasteiger partial charge in [0.1, 0.15) is 0 Å². The van der Waals surface area contributed by atoms with Gasteiger partial charge < -0.3 is 9.97 Å². The van der Waals surface area contributed by atoms with Crippen molar-refractivity contribution in [2.24, 2.45) is 10.8 Å². The van der Waals surface area contributed by atoms with Crippen LogP contribution < -0.4 is 0 Å². The van der Waals surface area contributed by atoms with Crippen LogP contribution in [0.2, 0.25) is 0 Å². The van der Waals surface area contributed by atoms with E-state index in [0.717, 1.165) is 34.5 Å². The van der Waals surface area contributed by atoms with Gasteiger partial charge in [-0.15, -0.1) is 70.8 Å². The Hall–Kier alpha value is -4.43. The van der Waals surface area contributed by atoms with Crippen LogP contribution in [0.5, 0.6) is 0 Å². The topological polar surface area (TPSA) is 25.8 Å². The zero-order valence-electron chi connectivity index (χ0n) is 32.1. The molecule has 2 heterocycles. The van der Waals surface area contributed by atoms with Gasteiger partial charge in [-0.2, -0.15) is 0 Å². The quantitative estimate of drug-likeness (QED) is 0.128. The third-order valence-electron chi connectivity index (χ3n) is 8.24. The number of aromatic nitrogens is 2. The molecule has 7 rings (SSSR count). The summed E-state index contributed by atoms with van der Waals surface area (Å²) in [7, 11) is 0. The minimum absolute atomic E-state index is 0. The molecule has 3 heteroatoms. The number of rotatable bonds is 5. The number of hydrogen-bond donors (Lipinski definition) is 0. The number of aryl methyl sites for hydroxylation is 1. The second-order valence-corrected chi connectivity index (χ2v) is 15.1. The first-order chi connectivity index (χ1) is 24.2. The third kappa shape index (κ3) is 9.42. The fourth-order valence-corrected chi connectivity index (χ4v) is 6.13. The second kappa shape index (κ2) is 15.6. The molecule has 7 aromatic rings. The van der Waals surface area contributed by atoms with E-state index < -0.39 is 11.8 Å².